The third-order valence-corrected chi connectivity index (χ3v) is 3.45. The zero-order valence-corrected chi connectivity index (χ0v) is 12.8. The Balaban J connectivity index is 1.59. The number of rotatable bonds is 3. The third kappa shape index (κ3) is 3.92. The number of nitrogens with one attached hydrogen (secondary N) is 3. The minimum Gasteiger partial charge on any atom is -0.482 e. The van der Waals surface area contributed by atoms with Crippen molar-refractivity contribution in [1.82, 2.24) is 5.32 Å². The number of halogens is 1. The maximum atomic E-state index is 11.9. The zero-order valence-electron chi connectivity index (χ0n) is 12.1. The highest BCUT2D eigenvalue weighted by molar-refractivity contribution is 6.30. The number of amides is 3. The van der Waals surface area contributed by atoms with Crippen LogP contribution >= 0.6 is 11.6 Å². The van der Waals surface area contributed by atoms with Crippen molar-refractivity contribution in [2.45, 2.75) is 6.54 Å². The van der Waals surface area contributed by atoms with E-state index in [-0.39, 0.29) is 18.5 Å². The topological polar surface area (TPSA) is 79.5 Å². The number of urea groups is 1. The molecule has 2 aromatic rings. The van der Waals surface area contributed by atoms with Crippen LogP contribution in [0.25, 0.3) is 0 Å². The average Bonchev–Trinajstić information content (AvgIpc) is 2.52. The molecule has 1 aliphatic rings. The maximum Gasteiger partial charge on any atom is 0.319 e. The standard InChI is InChI=1S/C16H14ClN3O3/c17-11-2-1-3-12(7-11)19-16(22)18-8-10-4-5-14-13(6-10)20-15(21)9-23-14/h1-7H,8-9H2,(H,20,21)(H2,18,19,22). The van der Waals surface area contributed by atoms with Crippen LogP contribution in [0.4, 0.5) is 16.2 Å². The first kappa shape index (κ1) is 15.2. The van der Waals surface area contributed by atoms with Crippen LogP contribution in [0, 0.1) is 0 Å². The fourth-order valence-corrected chi connectivity index (χ4v) is 2.35. The Hall–Kier alpha value is -2.73. The third-order valence-electron chi connectivity index (χ3n) is 3.21. The van der Waals surface area contributed by atoms with Crippen molar-refractivity contribution in [3.8, 4) is 5.75 Å². The van der Waals surface area contributed by atoms with E-state index >= 15 is 0 Å². The summed E-state index contributed by atoms with van der Waals surface area (Å²) in [6.45, 7) is 0.336. The summed E-state index contributed by atoms with van der Waals surface area (Å²) in [5, 5.41) is 8.71. The van der Waals surface area contributed by atoms with Crippen LogP contribution in [0.1, 0.15) is 5.56 Å². The van der Waals surface area contributed by atoms with Crippen LogP contribution in [0.2, 0.25) is 5.02 Å². The Kier molecular flexibility index (Phi) is 4.34. The second-order valence-electron chi connectivity index (χ2n) is 4.99. The molecule has 0 saturated carbocycles. The minimum atomic E-state index is -0.342. The van der Waals surface area contributed by atoms with Crippen molar-refractivity contribution >= 4 is 34.9 Å². The largest absolute Gasteiger partial charge is 0.482 e. The highest BCUT2D eigenvalue weighted by Crippen LogP contribution is 2.28. The van der Waals surface area contributed by atoms with Gasteiger partial charge in [-0.05, 0) is 35.9 Å². The quantitative estimate of drug-likeness (QED) is 0.809. The van der Waals surface area contributed by atoms with E-state index in [0.717, 1.165) is 5.56 Å². The van der Waals surface area contributed by atoms with Crippen LogP contribution in [0.5, 0.6) is 5.75 Å². The summed E-state index contributed by atoms with van der Waals surface area (Å²) < 4.78 is 5.28. The number of anilines is 2. The highest BCUT2D eigenvalue weighted by Gasteiger charge is 2.15. The molecule has 0 bridgehead atoms. The monoisotopic (exact) mass is 331 g/mol. The number of hydrogen-bond acceptors (Lipinski definition) is 3. The molecule has 6 nitrogen and oxygen atoms in total. The molecule has 3 N–H and O–H groups in total. The van der Waals surface area contributed by atoms with Crippen molar-refractivity contribution in [1.29, 1.82) is 0 Å². The zero-order chi connectivity index (χ0) is 16.2. The SMILES string of the molecule is O=C1COc2ccc(CNC(=O)Nc3cccc(Cl)c3)cc2N1. The maximum absolute atomic E-state index is 11.9. The average molecular weight is 332 g/mol. The first-order valence-electron chi connectivity index (χ1n) is 6.96. The number of carbonyl (C=O) groups excluding carboxylic acids is 2. The lowest BCUT2D eigenvalue weighted by Gasteiger charge is -2.18. The molecule has 3 rings (SSSR count). The van der Waals surface area contributed by atoms with Gasteiger partial charge >= 0.3 is 6.03 Å². The molecular formula is C16H14ClN3O3. The van der Waals surface area contributed by atoms with Crippen molar-refractivity contribution < 1.29 is 14.3 Å². The Morgan fingerprint density at radius 1 is 1.26 bits per heavy atom. The number of fused-ring (bicyclic) bond motifs is 1. The molecule has 0 spiro atoms. The predicted molar refractivity (Wildman–Crippen MR) is 87.9 cm³/mol. The number of ether oxygens (including phenoxy) is 1. The van der Waals surface area contributed by atoms with E-state index in [9.17, 15) is 9.59 Å². The smallest absolute Gasteiger partial charge is 0.319 e. The molecular weight excluding hydrogens is 318 g/mol. The molecule has 0 aromatic heterocycles. The lowest BCUT2D eigenvalue weighted by Crippen LogP contribution is -2.28. The Labute approximate surface area is 137 Å². The van der Waals surface area contributed by atoms with Crippen LogP contribution in [-0.4, -0.2) is 18.5 Å². The summed E-state index contributed by atoms with van der Waals surface area (Å²) >= 11 is 5.86. The molecule has 2 aromatic carbocycles. The van der Waals surface area contributed by atoms with Gasteiger partial charge in [-0.15, -0.1) is 0 Å². The molecule has 3 amide bonds. The van der Waals surface area contributed by atoms with Crippen molar-refractivity contribution in [3.05, 3.63) is 53.1 Å². The molecule has 23 heavy (non-hydrogen) atoms. The fourth-order valence-electron chi connectivity index (χ4n) is 2.16. The second-order valence-corrected chi connectivity index (χ2v) is 5.42. The van der Waals surface area contributed by atoms with E-state index in [4.69, 9.17) is 16.3 Å². The summed E-state index contributed by atoms with van der Waals surface area (Å²) in [5.41, 5.74) is 2.06. The molecule has 1 aliphatic heterocycles. The normalized spacial score (nSPS) is 12.7. The van der Waals surface area contributed by atoms with Crippen molar-refractivity contribution in [3.63, 3.8) is 0 Å². The van der Waals surface area contributed by atoms with Gasteiger partial charge in [0.05, 0.1) is 5.69 Å². The lowest BCUT2D eigenvalue weighted by molar-refractivity contribution is -0.118. The molecule has 0 radical (unpaired) electrons. The molecule has 7 heteroatoms. The first-order valence-corrected chi connectivity index (χ1v) is 7.34. The van der Waals surface area contributed by atoms with Crippen molar-refractivity contribution in [2.75, 3.05) is 17.2 Å². The second kappa shape index (κ2) is 6.58. The summed E-state index contributed by atoms with van der Waals surface area (Å²) in [5.74, 6) is 0.429. The van der Waals surface area contributed by atoms with Gasteiger partial charge in [0.25, 0.3) is 5.91 Å². The molecule has 0 unspecified atom stereocenters. The minimum absolute atomic E-state index is 0.0205. The lowest BCUT2D eigenvalue weighted by atomic mass is 10.1. The molecule has 1 heterocycles. The van der Waals surface area contributed by atoms with Gasteiger partial charge in [-0.1, -0.05) is 23.7 Å². The van der Waals surface area contributed by atoms with Gasteiger partial charge in [0.2, 0.25) is 0 Å². The molecule has 0 fully saturated rings. The van der Waals surface area contributed by atoms with Gasteiger partial charge < -0.3 is 20.7 Å². The molecule has 0 atom stereocenters. The van der Waals surface area contributed by atoms with E-state index in [2.05, 4.69) is 16.0 Å². The highest BCUT2D eigenvalue weighted by atomic mass is 35.5. The first-order chi connectivity index (χ1) is 11.1. The molecule has 0 aliphatic carbocycles. The van der Waals surface area contributed by atoms with E-state index in [1.54, 1.807) is 36.4 Å². The summed E-state index contributed by atoms with van der Waals surface area (Å²) in [4.78, 5) is 23.2. The predicted octanol–water partition coefficient (Wildman–Crippen LogP) is 2.99. The van der Waals surface area contributed by atoms with Gasteiger partial charge in [-0.2, -0.15) is 0 Å². The fraction of sp³-hybridized carbons (Fsp3) is 0.125. The van der Waals surface area contributed by atoms with E-state index in [0.29, 0.717) is 28.7 Å². The van der Waals surface area contributed by atoms with Crippen LogP contribution < -0.4 is 20.7 Å². The van der Waals surface area contributed by atoms with E-state index in [1.807, 2.05) is 6.07 Å². The Morgan fingerprint density at radius 2 is 2.13 bits per heavy atom. The van der Waals surface area contributed by atoms with Gasteiger partial charge in [0.15, 0.2) is 6.61 Å². The van der Waals surface area contributed by atoms with Gasteiger partial charge in [-0.3, -0.25) is 4.79 Å². The van der Waals surface area contributed by atoms with Gasteiger partial charge in [0.1, 0.15) is 5.75 Å². The van der Waals surface area contributed by atoms with E-state index < -0.39 is 0 Å². The van der Waals surface area contributed by atoms with Gasteiger partial charge in [0, 0.05) is 17.3 Å². The Morgan fingerprint density at radius 3 is 2.96 bits per heavy atom. The summed E-state index contributed by atoms with van der Waals surface area (Å²) in [7, 11) is 0. The molecule has 0 saturated heterocycles. The molecule has 118 valence electrons. The Bertz CT molecular complexity index is 764. The summed E-state index contributed by atoms with van der Waals surface area (Å²) in [6, 6.07) is 11.9. The number of benzene rings is 2. The number of hydrogen-bond donors (Lipinski definition) is 3. The van der Waals surface area contributed by atoms with Crippen LogP contribution in [-0.2, 0) is 11.3 Å². The van der Waals surface area contributed by atoms with Crippen LogP contribution in [0.15, 0.2) is 42.5 Å². The number of carbonyl (C=O) groups is 2. The van der Waals surface area contributed by atoms with E-state index in [1.165, 1.54) is 0 Å². The van der Waals surface area contributed by atoms with Crippen molar-refractivity contribution in [2.24, 2.45) is 0 Å². The van der Waals surface area contributed by atoms with Gasteiger partial charge in [-0.25, -0.2) is 4.79 Å². The van der Waals surface area contributed by atoms with Crippen LogP contribution in [0.3, 0.4) is 0 Å². The summed E-state index contributed by atoms with van der Waals surface area (Å²) in [6.07, 6.45) is 0.